The van der Waals surface area contributed by atoms with Crippen molar-refractivity contribution in [2.45, 2.75) is 108 Å². The van der Waals surface area contributed by atoms with E-state index in [1.54, 1.807) is 13.8 Å². The molecule has 5 fully saturated rings. The zero-order chi connectivity index (χ0) is 22.8. The van der Waals surface area contributed by atoms with E-state index in [9.17, 15) is 9.59 Å². The van der Waals surface area contributed by atoms with E-state index in [1.165, 1.54) is 25.7 Å². The quantitative estimate of drug-likeness (QED) is 0.277. The van der Waals surface area contributed by atoms with Gasteiger partial charge in [0.25, 0.3) is 0 Å². The summed E-state index contributed by atoms with van der Waals surface area (Å²) in [7, 11) is 0. The van der Waals surface area contributed by atoms with Crippen molar-refractivity contribution in [2.24, 2.45) is 11.8 Å². The zero-order valence-electron chi connectivity index (χ0n) is 19.6. The van der Waals surface area contributed by atoms with Gasteiger partial charge in [-0.2, -0.15) is 0 Å². The normalized spacial score (nSPS) is 34.8. The Morgan fingerprint density at radius 3 is 2.25 bits per heavy atom. The highest BCUT2D eigenvalue weighted by Crippen LogP contribution is 2.60. The molecule has 5 saturated carbocycles. The van der Waals surface area contributed by atoms with Gasteiger partial charge in [0.2, 0.25) is 6.29 Å². The molecule has 0 spiro atoms. The maximum absolute atomic E-state index is 12.5. The summed E-state index contributed by atoms with van der Waals surface area (Å²) in [5.74, 6) is 0.206. The number of ether oxygens (including phenoxy) is 5. The predicted octanol–water partition coefficient (Wildman–Crippen LogP) is 4.43. The van der Waals surface area contributed by atoms with E-state index in [0.717, 1.165) is 44.9 Å². The van der Waals surface area contributed by atoms with E-state index in [4.69, 9.17) is 23.7 Å². The fourth-order valence-electron chi connectivity index (χ4n) is 6.70. The van der Waals surface area contributed by atoms with Gasteiger partial charge in [-0.1, -0.05) is 25.8 Å². The van der Waals surface area contributed by atoms with Crippen LogP contribution >= 0.6 is 0 Å². The van der Waals surface area contributed by atoms with E-state index in [0.29, 0.717) is 17.4 Å². The van der Waals surface area contributed by atoms with Crippen molar-refractivity contribution in [2.75, 3.05) is 13.4 Å². The molecule has 5 aliphatic carbocycles. The fourth-order valence-corrected chi connectivity index (χ4v) is 6.70. The molecule has 7 heteroatoms. The van der Waals surface area contributed by atoms with Crippen LogP contribution in [0.2, 0.25) is 0 Å². The Balaban J connectivity index is 1.27. The maximum atomic E-state index is 12.5. The second-order valence-electron chi connectivity index (χ2n) is 10.5. The molecule has 0 heterocycles. The van der Waals surface area contributed by atoms with Crippen LogP contribution in [-0.2, 0) is 33.3 Å². The van der Waals surface area contributed by atoms with E-state index >= 15 is 0 Å². The van der Waals surface area contributed by atoms with Gasteiger partial charge in [0, 0.05) is 12.0 Å². The summed E-state index contributed by atoms with van der Waals surface area (Å²) >= 11 is 0. The SMILES string of the molecule is C=C(C)C(=O)OCOC12CC3CC(C1)CC(OCC(=O)OC(C)OC1CCCCC1)(C3)C2. The van der Waals surface area contributed by atoms with Crippen molar-refractivity contribution in [3.8, 4) is 0 Å². The van der Waals surface area contributed by atoms with Crippen LogP contribution in [0.25, 0.3) is 0 Å². The maximum Gasteiger partial charge on any atom is 0.335 e. The predicted molar refractivity (Wildman–Crippen MR) is 116 cm³/mol. The molecule has 0 aliphatic heterocycles. The molecule has 5 aliphatic rings. The van der Waals surface area contributed by atoms with Gasteiger partial charge in [-0.05, 0) is 70.6 Å². The summed E-state index contributed by atoms with van der Waals surface area (Å²) < 4.78 is 28.9. The third-order valence-corrected chi connectivity index (χ3v) is 7.59. The minimum absolute atomic E-state index is 0.0702. The van der Waals surface area contributed by atoms with Crippen LogP contribution in [0.1, 0.15) is 84.5 Å². The number of esters is 2. The monoisotopic (exact) mass is 450 g/mol. The first-order valence-electron chi connectivity index (χ1n) is 12.2. The second-order valence-corrected chi connectivity index (χ2v) is 10.5. The zero-order valence-corrected chi connectivity index (χ0v) is 19.6. The molecule has 0 aromatic rings. The molecule has 32 heavy (non-hydrogen) atoms. The van der Waals surface area contributed by atoms with Gasteiger partial charge in [-0.25, -0.2) is 9.59 Å². The van der Waals surface area contributed by atoms with Gasteiger partial charge in [0.1, 0.15) is 6.61 Å². The van der Waals surface area contributed by atoms with Crippen LogP contribution in [0.5, 0.6) is 0 Å². The minimum Gasteiger partial charge on any atom is -0.435 e. The second kappa shape index (κ2) is 9.82. The van der Waals surface area contributed by atoms with Crippen LogP contribution in [0.15, 0.2) is 12.2 Å². The Labute approximate surface area is 191 Å². The molecule has 0 N–H and O–H groups in total. The lowest BCUT2D eigenvalue weighted by atomic mass is 9.52. The Hall–Kier alpha value is -1.44. The van der Waals surface area contributed by atoms with Crippen LogP contribution in [0.4, 0.5) is 0 Å². The summed E-state index contributed by atoms with van der Waals surface area (Å²) in [6.07, 6.45) is 11.0. The van der Waals surface area contributed by atoms with Crippen LogP contribution in [-0.4, -0.2) is 48.9 Å². The van der Waals surface area contributed by atoms with Crippen molar-refractivity contribution in [1.29, 1.82) is 0 Å². The van der Waals surface area contributed by atoms with E-state index in [-0.39, 0.29) is 36.7 Å². The van der Waals surface area contributed by atoms with Gasteiger partial charge in [0.05, 0.1) is 17.3 Å². The van der Waals surface area contributed by atoms with Gasteiger partial charge in [-0.15, -0.1) is 0 Å². The van der Waals surface area contributed by atoms with Gasteiger partial charge >= 0.3 is 11.9 Å². The van der Waals surface area contributed by atoms with Crippen molar-refractivity contribution < 1.29 is 33.3 Å². The summed E-state index contributed by atoms with van der Waals surface area (Å²) in [5, 5.41) is 0. The Morgan fingerprint density at radius 1 is 1.00 bits per heavy atom. The number of carbonyl (C=O) groups excluding carboxylic acids is 2. The third-order valence-electron chi connectivity index (χ3n) is 7.59. The minimum atomic E-state index is -0.553. The number of rotatable bonds is 10. The summed E-state index contributed by atoms with van der Waals surface area (Å²) in [6.45, 7) is 6.87. The molecule has 4 bridgehead atoms. The Kier molecular flexibility index (Phi) is 7.27. The lowest BCUT2D eigenvalue weighted by Crippen LogP contribution is -2.61. The first-order chi connectivity index (χ1) is 15.3. The molecule has 0 amide bonds. The molecule has 0 radical (unpaired) electrons. The van der Waals surface area contributed by atoms with Crippen molar-refractivity contribution in [1.82, 2.24) is 0 Å². The molecule has 3 unspecified atom stereocenters. The number of hydrogen-bond donors (Lipinski definition) is 0. The van der Waals surface area contributed by atoms with E-state index < -0.39 is 12.3 Å². The topological polar surface area (TPSA) is 80.3 Å². The molecule has 180 valence electrons. The van der Waals surface area contributed by atoms with E-state index in [1.807, 2.05) is 0 Å². The average molecular weight is 451 g/mol. The van der Waals surface area contributed by atoms with Crippen molar-refractivity contribution in [3.63, 3.8) is 0 Å². The van der Waals surface area contributed by atoms with E-state index in [2.05, 4.69) is 6.58 Å². The fraction of sp³-hybridized carbons (Fsp3) is 0.840. The summed E-state index contributed by atoms with van der Waals surface area (Å²) in [6, 6.07) is 0. The van der Waals surface area contributed by atoms with Gasteiger partial charge in [-0.3, -0.25) is 0 Å². The molecule has 3 atom stereocenters. The van der Waals surface area contributed by atoms with Crippen LogP contribution in [0.3, 0.4) is 0 Å². The number of hydrogen-bond acceptors (Lipinski definition) is 7. The molecule has 7 nitrogen and oxygen atoms in total. The molecule has 0 aromatic carbocycles. The standard InChI is InChI=1S/C25H38O7/c1-17(2)23(27)28-16-30-25-12-19-9-20(13-25)11-24(10-19,15-25)29-14-22(26)32-18(3)31-21-7-5-4-6-8-21/h18-21H,1,4-16H2,2-3H3. The Morgan fingerprint density at radius 2 is 1.62 bits per heavy atom. The summed E-state index contributed by atoms with van der Waals surface area (Å²) in [5.41, 5.74) is -0.352. The largest absolute Gasteiger partial charge is 0.435 e. The van der Waals surface area contributed by atoms with Crippen LogP contribution in [0, 0.1) is 11.8 Å². The third kappa shape index (κ3) is 5.72. The molecule has 5 rings (SSSR count). The highest BCUT2D eigenvalue weighted by atomic mass is 16.7. The Bertz CT molecular complexity index is 697. The van der Waals surface area contributed by atoms with Crippen molar-refractivity contribution in [3.05, 3.63) is 12.2 Å². The van der Waals surface area contributed by atoms with Gasteiger partial charge < -0.3 is 23.7 Å². The average Bonchev–Trinajstić information content (AvgIpc) is 2.72. The number of carbonyl (C=O) groups is 2. The summed E-state index contributed by atoms with van der Waals surface area (Å²) in [4.78, 5) is 24.1. The lowest BCUT2D eigenvalue weighted by molar-refractivity contribution is -0.258. The molecule has 0 aromatic heterocycles. The highest BCUT2D eigenvalue weighted by molar-refractivity contribution is 5.86. The van der Waals surface area contributed by atoms with Crippen LogP contribution < -0.4 is 0 Å². The van der Waals surface area contributed by atoms with Crippen molar-refractivity contribution >= 4 is 11.9 Å². The van der Waals surface area contributed by atoms with Gasteiger partial charge in [0.15, 0.2) is 6.79 Å². The first-order valence-corrected chi connectivity index (χ1v) is 12.2. The smallest absolute Gasteiger partial charge is 0.335 e. The molecule has 0 saturated heterocycles. The lowest BCUT2D eigenvalue weighted by Gasteiger charge is -2.60. The molecular weight excluding hydrogens is 412 g/mol. The molecular formula is C25H38O7. The first kappa shape index (κ1) is 23.7. The highest BCUT2D eigenvalue weighted by Gasteiger charge is 2.59.